The predicted molar refractivity (Wildman–Crippen MR) is 164 cm³/mol. The van der Waals surface area contributed by atoms with E-state index in [1.807, 2.05) is 0 Å². The highest BCUT2D eigenvalue weighted by atomic mass is 79.9. The maximum atomic E-state index is 7.63. The minimum atomic E-state index is -2.08. The molecule has 0 saturated heterocycles. The fourth-order valence-corrected chi connectivity index (χ4v) is 10.7. The first-order valence-electron chi connectivity index (χ1n) is 12.7. The Balaban J connectivity index is 1.40. The molecule has 175 valence electrons. The van der Waals surface area contributed by atoms with Crippen molar-refractivity contribution in [2.24, 2.45) is 0 Å². The molecule has 3 radical (unpaired) electrons. The third-order valence-electron chi connectivity index (χ3n) is 8.24. The van der Waals surface area contributed by atoms with Crippen LogP contribution in [0.2, 0.25) is 0 Å². The van der Waals surface area contributed by atoms with E-state index in [4.69, 9.17) is 7.57 Å². The van der Waals surface area contributed by atoms with Gasteiger partial charge in [0.05, 0.1) is 0 Å². The van der Waals surface area contributed by atoms with Gasteiger partial charge in [-0.25, -0.2) is 7.14 Å². The molecule has 0 amide bonds. The van der Waals surface area contributed by atoms with Crippen LogP contribution in [0.3, 0.4) is 0 Å². The Labute approximate surface area is 231 Å². The number of aryl methyl sites for hydroxylation is 4. The van der Waals surface area contributed by atoms with E-state index >= 15 is 0 Å². The quantitative estimate of drug-likeness (QED) is 0.138. The summed E-state index contributed by atoms with van der Waals surface area (Å²) in [4.78, 5) is 0. The van der Waals surface area contributed by atoms with Crippen molar-refractivity contribution in [3.8, 4) is 0 Å². The average molecular weight is 611 g/mol. The molecule has 2 aliphatic carbocycles. The average Bonchev–Trinajstić information content (AvgIpc) is 3.51. The summed E-state index contributed by atoms with van der Waals surface area (Å²) in [7, 11) is 5.55. The van der Waals surface area contributed by atoms with Crippen molar-refractivity contribution in [1.29, 1.82) is 0 Å². The number of hydrogen-bond acceptors (Lipinski definition) is 0. The first-order chi connectivity index (χ1) is 17.5. The lowest BCUT2D eigenvalue weighted by Gasteiger charge is -2.38. The standard InChI is InChI=1S/C32H25BBr2P/c33-36(26-4-2-1-3-5-26,18-24-12-10-20-6-8-22-14-16-27(34)31(24)29(20)22)19-25-13-11-21-7-9-23-15-17-28(35)32(25)30(21)23/h1-5,10-17H,6-9,18-19H2. The minimum absolute atomic E-state index is 0.885. The fraction of sp³-hybridized carbons (Fsp3) is 0.188. The number of benzene rings is 5. The predicted octanol–water partition coefficient (Wildman–Crippen LogP) is 8.84. The molecular formula is C32H25BBr2P. The Kier molecular flexibility index (Phi) is 5.69. The molecule has 0 N–H and O–H groups in total. The van der Waals surface area contributed by atoms with E-state index in [0.29, 0.717) is 0 Å². The van der Waals surface area contributed by atoms with Gasteiger partial charge in [0, 0.05) is 37.3 Å². The lowest BCUT2D eigenvalue weighted by molar-refractivity contribution is 1.02. The molecule has 0 nitrogen and oxygen atoms in total. The molecule has 2 aliphatic rings. The van der Waals surface area contributed by atoms with Crippen LogP contribution in [-0.2, 0) is 38.0 Å². The van der Waals surface area contributed by atoms with Gasteiger partial charge in [0.15, 0.2) is 0 Å². The van der Waals surface area contributed by atoms with Crippen molar-refractivity contribution in [2.75, 3.05) is 0 Å². The first-order valence-corrected chi connectivity index (χ1v) is 16.5. The highest BCUT2D eigenvalue weighted by molar-refractivity contribution is 9.11. The molecule has 0 heterocycles. The van der Waals surface area contributed by atoms with Gasteiger partial charge in [-0.1, -0.05) is 86.5 Å². The van der Waals surface area contributed by atoms with E-state index in [2.05, 4.69) is 111 Å². The lowest BCUT2D eigenvalue weighted by atomic mass is 10.0. The summed E-state index contributed by atoms with van der Waals surface area (Å²) in [5.41, 5.74) is 8.64. The molecule has 5 aromatic rings. The third-order valence-corrected chi connectivity index (χ3v) is 12.7. The van der Waals surface area contributed by atoms with Gasteiger partial charge in [-0.05, 0) is 94.1 Å². The molecule has 7 rings (SSSR count). The maximum Gasteiger partial charge on any atom is 0.0424 e. The Morgan fingerprint density at radius 3 is 1.39 bits per heavy atom. The van der Waals surface area contributed by atoms with E-state index < -0.39 is 7.14 Å². The van der Waals surface area contributed by atoms with E-state index in [1.54, 1.807) is 0 Å². The second kappa shape index (κ2) is 8.83. The minimum Gasteiger partial charge on any atom is -0.298 e. The van der Waals surface area contributed by atoms with E-state index in [9.17, 15) is 0 Å². The SMILES string of the molecule is [B-][P+](Cc1ccc2c3c(ccc(Br)c13)CC2)(Cc1ccc2c3c(ccc(Br)c13)CC2)c1ccccc1. The van der Waals surface area contributed by atoms with Crippen molar-refractivity contribution in [3.63, 3.8) is 0 Å². The molecule has 0 saturated carbocycles. The van der Waals surface area contributed by atoms with Crippen molar-refractivity contribution < 1.29 is 0 Å². The van der Waals surface area contributed by atoms with Crippen molar-refractivity contribution >= 4 is 73.4 Å². The summed E-state index contributed by atoms with van der Waals surface area (Å²) in [6.45, 7) is 0. The van der Waals surface area contributed by atoms with Gasteiger partial charge in [-0.15, -0.1) is 0 Å². The molecule has 0 fully saturated rings. The van der Waals surface area contributed by atoms with E-state index in [0.717, 1.165) is 38.0 Å². The Hall–Kier alpha value is -1.93. The fourth-order valence-electron chi connectivity index (χ4n) is 6.54. The highest BCUT2D eigenvalue weighted by Gasteiger charge is 2.28. The molecule has 4 heteroatoms. The summed E-state index contributed by atoms with van der Waals surface area (Å²) < 4.78 is 2.38. The van der Waals surface area contributed by atoms with Crippen LogP contribution in [0, 0.1) is 0 Å². The van der Waals surface area contributed by atoms with Gasteiger partial charge < -0.3 is 0 Å². The zero-order chi connectivity index (χ0) is 24.4. The van der Waals surface area contributed by atoms with E-state index in [-0.39, 0.29) is 0 Å². The van der Waals surface area contributed by atoms with Gasteiger partial charge in [-0.2, -0.15) is 0 Å². The van der Waals surface area contributed by atoms with Crippen molar-refractivity contribution in [3.05, 3.63) is 121 Å². The molecule has 0 spiro atoms. The molecule has 5 aromatic carbocycles. The van der Waals surface area contributed by atoms with Crippen molar-refractivity contribution in [2.45, 2.75) is 38.0 Å². The molecule has 0 atom stereocenters. The van der Waals surface area contributed by atoms with Crippen LogP contribution in [0.5, 0.6) is 0 Å². The summed E-state index contributed by atoms with van der Waals surface area (Å²) in [5, 5.41) is 6.94. The van der Waals surface area contributed by atoms with Crippen LogP contribution in [0.15, 0.2) is 87.8 Å². The summed E-state index contributed by atoms with van der Waals surface area (Å²) in [6, 6.07) is 29.3. The largest absolute Gasteiger partial charge is 0.298 e. The smallest absolute Gasteiger partial charge is 0.0424 e. The molecule has 0 aliphatic heterocycles. The maximum absolute atomic E-state index is 7.63. The molecular weight excluding hydrogens is 586 g/mol. The summed E-state index contributed by atoms with van der Waals surface area (Å²) in [6.07, 6.45) is 6.32. The van der Waals surface area contributed by atoms with Crippen LogP contribution >= 0.6 is 39.0 Å². The number of rotatable bonds is 5. The lowest BCUT2D eigenvalue weighted by Crippen LogP contribution is -2.16. The molecule has 0 unspecified atom stereocenters. The monoisotopic (exact) mass is 609 g/mol. The van der Waals surface area contributed by atoms with Crippen LogP contribution in [-0.4, -0.2) is 7.57 Å². The molecule has 0 aromatic heterocycles. The van der Waals surface area contributed by atoms with Gasteiger partial charge in [0.1, 0.15) is 0 Å². The van der Waals surface area contributed by atoms with Crippen LogP contribution in [0.25, 0.3) is 21.5 Å². The van der Waals surface area contributed by atoms with Gasteiger partial charge in [0.2, 0.25) is 0 Å². The van der Waals surface area contributed by atoms with E-state index in [1.165, 1.54) is 69.2 Å². The Bertz CT molecular complexity index is 1550. The zero-order valence-corrected chi connectivity index (χ0v) is 24.1. The number of halogens is 2. The first kappa shape index (κ1) is 23.2. The summed E-state index contributed by atoms with van der Waals surface area (Å²) >= 11 is 7.81. The number of hydrogen-bond donors (Lipinski definition) is 0. The normalized spacial score (nSPS) is 14.3. The Morgan fingerprint density at radius 2 is 0.944 bits per heavy atom. The Morgan fingerprint density at radius 1 is 0.528 bits per heavy atom. The van der Waals surface area contributed by atoms with Gasteiger partial charge in [0.25, 0.3) is 0 Å². The second-order valence-electron chi connectivity index (χ2n) is 10.4. The van der Waals surface area contributed by atoms with Gasteiger partial charge >= 0.3 is 0 Å². The zero-order valence-electron chi connectivity index (χ0n) is 20.0. The van der Waals surface area contributed by atoms with Crippen molar-refractivity contribution in [1.82, 2.24) is 0 Å². The van der Waals surface area contributed by atoms with Gasteiger partial charge in [-0.3, -0.25) is 7.57 Å². The molecule has 36 heavy (non-hydrogen) atoms. The highest BCUT2D eigenvalue weighted by Crippen LogP contribution is 2.60. The van der Waals surface area contributed by atoms with Crippen LogP contribution in [0.4, 0.5) is 0 Å². The van der Waals surface area contributed by atoms with Crippen LogP contribution in [0.1, 0.15) is 33.4 Å². The summed E-state index contributed by atoms with van der Waals surface area (Å²) in [5.74, 6) is 0. The second-order valence-corrected chi connectivity index (χ2v) is 15.3. The van der Waals surface area contributed by atoms with Crippen LogP contribution < -0.4 is 5.30 Å². The molecule has 0 bridgehead atoms. The topological polar surface area (TPSA) is 0 Å². The third kappa shape index (κ3) is 3.65.